The van der Waals surface area contributed by atoms with Gasteiger partial charge < -0.3 is 10.1 Å². The lowest BCUT2D eigenvalue weighted by Gasteiger charge is -2.60. The number of hydrogen-bond donors (Lipinski definition) is 2. The van der Waals surface area contributed by atoms with Gasteiger partial charge in [-0.15, -0.1) is 0 Å². The van der Waals surface area contributed by atoms with Crippen molar-refractivity contribution >= 4 is 33.8 Å². The molecule has 6 nitrogen and oxygen atoms in total. The number of hydrogen-bond acceptors (Lipinski definition) is 4. The molecule has 0 radical (unpaired) electrons. The van der Waals surface area contributed by atoms with Crippen LogP contribution in [0.1, 0.15) is 58.3 Å². The topological polar surface area (TPSA) is 84.5 Å². The molecule has 0 unspecified atom stereocenters. The van der Waals surface area contributed by atoms with Gasteiger partial charge in [0.1, 0.15) is 0 Å². The molecular formula is C18H27BrN2O4. The number of rotatable bonds is 6. The van der Waals surface area contributed by atoms with E-state index in [0.717, 1.165) is 25.7 Å². The third-order valence-electron chi connectivity index (χ3n) is 5.78. The Bertz CT molecular complexity index is 551. The van der Waals surface area contributed by atoms with E-state index in [1.165, 1.54) is 19.3 Å². The van der Waals surface area contributed by atoms with Gasteiger partial charge in [0.2, 0.25) is 0 Å². The molecule has 0 aromatic rings. The zero-order chi connectivity index (χ0) is 18.1. The summed E-state index contributed by atoms with van der Waals surface area (Å²) in [5, 5.41) is 4.70. The number of urea groups is 1. The first-order chi connectivity index (χ1) is 11.8. The lowest BCUT2D eigenvalue weighted by Crippen LogP contribution is -2.53. The van der Waals surface area contributed by atoms with Gasteiger partial charge in [-0.25, -0.2) is 4.79 Å². The molecule has 2 N–H and O–H groups in total. The van der Waals surface area contributed by atoms with Crippen LogP contribution in [-0.2, 0) is 14.3 Å². The quantitative estimate of drug-likeness (QED) is 0.516. The Kier molecular flexibility index (Phi) is 5.42. The van der Waals surface area contributed by atoms with Gasteiger partial charge >= 0.3 is 12.0 Å². The van der Waals surface area contributed by atoms with Crippen LogP contribution < -0.4 is 10.6 Å². The van der Waals surface area contributed by atoms with E-state index in [1.54, 1.807) is 0 Å². The van der Waals surface area contributed by atoms with E-state index in [9.17, 15) is 14.4 Å². The van der Waals surface area contributed by atoms with Gasteiger partial charge in [-0.2, -0.15) is 0 Å². The van der Waals surface area contributed by atoms with Crippen molar-refractivity contribution in [3.8, 4) is 0 Å². The normalized spacial score (nSPS) is 35.3. The van der Waals surface area contributed by atoms with Crippen molar-refractivity contribution in [3.63, 3.8) is 0 Å². The lowest BCUT2D eigenvalue weighted by atomic mass is 9.49. The second-order valence-corrected chi connectivity index (χ2v) is 9.94. The minimum atomic E-state index is -0.593. The predicted molar refractivity (Wildman–Crippen MR) is 96.2 cm³/mol. The van der Waals surface area contributed by atoms with Crippen LogP contribution in [0.3, 0.4) is 0 Å². The predicted octanol–water partition coefficient (Wildman–Crippen LogP) is 2.89. The summed E-state index contributed by atoms with van der Waals surface area (Å²) in [5.74, 6) is 0.490. The monoisotopic (exact) mass is 414 g/mol. The van der Waals surface area contributed by atoms with Crippen LogP contribution in [-0.4, -0.2) is 35.4 Å². The van der Waals surface area contributed by atoms with Crippen molar-refractivity contribution in [3.05, 3.63) is 0 Å². The molecule has 4 aliphatic rings. The average Bonchev–Trinajstić information content (AvgIpc) is 2.48. The minimum Gasteiger partial charge on any atom is -0.456 e. The van der Waals surface area contributed by atoms with E-state index in [2.05, 4.69) is 26.6 Å². The van der Waals surface area contributed by atoms with Gasteiger partial charge in [0.25, 0.3) is 5.91 Å². The molecule has 4 saturated carbocycles. The fourth-order valence-corrected chi connectivity index (χ4v) is 7.00. The Hall–Kier alpha value is -1.11. The maximum absolute atomic E-state index is 12.3. The number of halogens is 1. The molecule has 0 heterocycles. The average molecular weight is 415 g/mol. The van der Waals surface area contributed by atoms with E-state index in [0.29, 0.717) is 24.8 Å². The highest BCUT2D eigenvalue weighted by Crippen LogP contribution is 2.65. The maximum Gasteiger partial charge on any atom is 0.321 e. The molecule has 25 heavy (non-hydrogen) atoms. The molecule has 0 aliphatic heterocycles. The second-order valence-electron chi connectivity index (χ2n) is 8.25. The number of alkyl halides is 1. The maximum atomic E-state index is 12.3. The number of nitrogens with one attached hydrogen (secondary N) is 2. The summed E-state index contributed by atoms with van der Waals surface area (Å²) in [6, 6.07) is -0.551. The summed E-state index contributed by atoms with van der Waals surface area (Å²) >= 11 is 3.93. The molecule has 2 atom stereocenters. The van der Waals surface area contributed by atoms with E-state index in [4.69, 9.17) is 4.74 Å². The van der Waals surface area contributed by atoms with Crippen molar-refractivity contribution in [1.29, 1.82) is 0 Å². The van der Waals surface area contributed by atoms with Crippen molar-refractivity contribution in [2.75, 3.05) is 13.2 Å². The lowest BCUT2D eigenvalue weighted by molar-refractivity contribution is -0.154. The van der Waals surface area contributed by atoms with E-state index < -0.39 is 18.5 Å². The Morgan fingerprint density at radius 3 is 2.44 bits per heavy atom. The molecule has 0 aromatic heterocycles. The second kappa shape index (κ2) is 7.25. The molecular weight excluding hydrogens is 388 g/mol. The molecule has 4 fully saturated rings. The molecule has 4 rings (SSSR count). The van der Waals surface area contributed by atoms with Crippen LogP contribution in [0, 0.1) is 17.3 Å². The molecule has 4 bridgehead atoms. The Balaban J connectivity index is 1.45. The van der Waals surface area contributed by atoms with E-state index in [-0.39, 0.29) is 15.7 Å². The summed E-state index contributed by atoms with van der Waals surface area (Å²) in [4.78, 5) is 35.4. The fourth-order valence-electron chi connectivity index (χ4n) is 5.49. The Morgan fingerprint density at radius 1 is 1.16 bits per heavy atom. The summed E-state index contributed by atoms with van der Waals surface area (Å²) in [7, 11) is 0. The molecule has 0 spiro atoms. The number of carbonyl (C=O) groups is 3. The van der Waals surface area contributed by atoms with E-state index in [1.807, 2.05) is 6.92 Å². The first-order valence-corrected chi connectivity index (χ1v) is 10.0. The Labute approximate surface area is 156 Å². The number of imide groups is 1. The number of carbonyl (C=O) groups excluding carboxylic acids is 3. The summed E-state index contributed by atoms with van der Waals surface area (Å²) < 4.78 is 5.34. The standard InChI is InChI=1S/C18H27BrN2O4/c1-2-3-20-16(24)21-14(22)10-25-15(23)9-17-5-12-4-13(6-17)8-18(19,7-12)11-17/h12-13H,2-11H2,1H3,(H2,20,21,22,24)/t12-,13-,17?,18?/m0/s1. The molecule has 4 aliphatic carbocycles. The summed E-state index contributed by atoms with van der Waals surface area (Å²) in [6.45, 7) is 2.02. The highest BCUT2D eigenvalue weighted by Gasteiger charge is 2.57. The zero-order valence-corrected chi connectivity index (χ0v) is 16.3. The molecule has 140 valence electrons. The van der Waals surface area contributed by atoms with Crippen LogP contribution in [0.4, 0.5) is 4.79 Å². The van der Waals surface area contributed by atoms with Crippen LogP contribution >= 0.6 is 15.9 Å². The first-order valence-electron chi connectivity index (χ1n) is 9.24. The van der Waals surface area contributed by atoms with Crippen molar-refractivity contribution in [1.82, 2.24) is 10.6 Å². The van der Waals surface area contributed by atoms with Gasteiger partial charge in [0.05, 0.1) is 6.42 Å². The van der Waals surface area contributed by atoms with Crippen LogP contribution in [0.15, 0.2) is 0 Å². The first kappa shape index (κ1) is 18.7. The van der Waals surface area contributed by atoms with Gasteiger partial charge in [-0.3, -0.25) is 14.9 Å². The number of esters is 1. The third kappa shape index (κ3) is 4.54. The number of ether oxygens (including phenoxy) is 1. The van der Waals surface area contributed by atoms with Crippen LogP contribution in [0.5, 0.6) is 0 Å². The highest BCUT2D eigenvalue weighted by atomic mass is 79.9. The van der Waals surface area contributed by atoms with Crippen molar-refractivity contribution < 1.29 is 19.1 Å². The van der Waals surface area contributed by atoms with Gasteiger partial charge in [-0.05, 0) is 62.2 Å². The van der Waals surface area contributed by atoms with Gasteiger partial charge in [-0.1, -0.05) is 22.9 Å². The molecule has 7 heteroatoms. The number of amides is 3. The Morgan fingerprint density at radius 2 is 1.84 bits per heavy atom. The SMILES string of the molecule is CCCNC(=O)NC(=O)COC(=O)CC12C[C@@H]3C[C@H](CC(Br)(C3)C1)C2. The fraction of sp³-hybridized carbons (Fsp3) is 0.833. The molecule has 0 aromatic carbocycles. The molecule has 3 amide bonds. The molecule has 0 saturated heterocycles. The van der Waals surface area contributed by atoms with Crippen LogP contribution in [0.25, 0.3) is 0 Å². The van der Waals surface area contributed by atoms with Gasteiger partial charge in [0, 0.05) is 10.9 Å². The van der Waals surface area contributed by atoms with E-state index >= 15 is 0 Å². The smallest absolute Gasteiger partial charge is 0.321 e. The summed E-state index contributed by atoms with van der Waals surface area (Å²) in [6.07, 6.45) is 8.10. The largest absolute Gasteiger partial charge is 0.456 e. The summed E-state index contributed by atoms with van der Waals surface area (Å²) in [5.41, 5.74) is 0.0274. The van der Waals surface area contributed by atoms with Crippen LogP contribution in [0.2, 0.25) is 0 Å². The third-order valence-corrected chi connectivity index (χ3v) is 6.71. The van der Waals surface area contributed by atoms with Crippen molar-refractivity contribution in [2.45, 2.75) is 62.6 Å². The minimum absolute atomic E-state index is 0.0274. The zero-order valence-electron chi connectivity index (χ0n) is 14.7. The van der Waals surface area contributed by atoms with Gasteiger partial charge in [0.15, 0.2) is 6.61 Å². The van der Waals surface area contributed by atoms with Crippen molar-refractivity contribution in [2.24, 2.45) is 17.3 Å². The highest BCUT2D eigenvalue weighted by molar-refractivity contribution is 9.10.